The first-order valence-corrected chi connectivity index (χ1v) is 15.6. The maximum absolute atomic E-state index is 14.5. The van der Waals surface area contributed by atoms with E-state index in [1.807, 2.05) is 30.3 Å². The predicted molar refractivity (Wildman–Crippen MR) is 166 cm³/mol. The lowest BCUT2D eigenvalue weighted by atomic mass is 9.95. The van der Waals surface area contributed by atoms with Crippen molar-refractivity contribution in [2.45, 2.75) is 55.9 Å². The lowest BCUT2D eigenvalue weighted by molar-refractivity contribution is 0.107. The van der Waals surface area contributed by atoms with E-state index in [1.165, 1.54) is 0 Å². The zero-order valence-corrected chi connectivity index (χ0v) is 24.9. The number of hydrogen-bond donors (Lipinski definition) is 2. The lowest BCUT2D eigenvalue weighted by Gasteiger charge is -2.35. The molecule has 0 amide bonds. The summed E-state index contributed by atoms with van der Waals surface area (Å²) < 4.78 is 27.0. The van der Waals surface area contributed by atoms with Crippen molar-refractivity contribution in [1.82, 2.24) is 20.2 Å². The highest BCUT2D eigenvalue weighted by Crippen LogP contribution is 2.47. The van der Waals surface area contributed by atoms with Crippen LogP contribution < -0.4 is 19.7 Å². The second kappa shape index (κ2) is 10.4. The van der Waals surface area contributed by atoms with Gasteiger partial charge in [0.1, 0.15) is 29.9 Å². The summed E-state index contributed by atoms with van der Waals surface area (Å²) in [5.74, 6) is 1.52. The molecule has 2 bridgehead atoms. The number of benzene rings is 3. The summed E-state index contributed by atoms with van der Waals surface area (Å²) in [5.41, 5.74) is 1.92. The second-order valence-corrected chi connectivity index (χ2v) is 13.0. The van der Waals surface area contributed by atoms with Gasteiger partial charge in [0, 0.05) is 49.1 Å². The van der Waals surface area contributed by atoms with E-state index in [0.717, 1.165) is 78.4 Å². The predicted octanol–water partition coefficient (Wildman–Crippen LogP) is 5.71. The van der Waals surface area contributed by atoms with Gasteiger partial charge in [-0.15, -0.1) is 0 Å². The summed E-state index contributed by atoms with van der Waals surface area (Å²) in [4.78, 5) is 14.5. The number of hydrogen-bond acceptors (Lipinski definition) is 8. The van der Waals surface area contributed by atoms with Crippen LogP contribution in [0.15, 0.2) is 42.5 Å². The van der Waals surface area contributed by atoms with Crippen molar-refractivity contribution in [2.24, 2.45) is 0 Å². The number of aromatic nitrogens is 2. The number of rotatable bonds is 6. The first kappa shape index (κ1) is 27.2. The molecule has 10 heteroatoms. The Balaban J connectivity index is 1.28. The molecule has 0 spiro atoms. The summed E-state index contributed by atoms with van der Waals surface area (Å²) in [6, 6.07) is 14.2. The van der Waals surface area contributed by atoms with Crippen LogP contribution in [-0.2, 0) is 0 Å². The van der Waals surface area contributed by atoms with Crippen LogP contribution in [0.2, 0.25) is 5.02 Å². The minimum Gasteiger partial charge on any atom is -0.508 e. The number of phenols is 1. The molecule has 224 valence electrons. The molecule has 8 rings (SSSR count). The Bertz CT molecular complexity index is 1730. The van der Waals surface area contributed by atoms with Crippen LogP contribution in [0.3, 0.4) is 0 Å². The van der Waals surface area contributed by atoms with Gasteiger partial charge in [-0.1, -0.05) is 35.9 Å². The first-order chi connectivity index (χ1) is 20.9. The number of anilines is 1. The molecule has 0 aliphatic carbocycles. The molecular weight excluding hydrogens is 569 g/mol. The van der Waals surface area contributed by atoms with Gasteiger partial charge >= 0.3 is 6.01 Å². The van der Waals surface area contributed by atoms with E-state index in [1.54, 1.807) is 19.2 Å². The zero-order chi connectivity index (χ0) is 29.3. The molecule has 5 heterocycles. The smallest absolute Gasteiger partial charge is 0.319 e. The summed E-state index contributed by atoms with van der Waals surface area (Å²) in [5, 5.41) is 17.0. The Kier molecular flexibility index (Phi) is 6.54. The van der Waals surface area contributed by atoms with Crippen LogP contribution in [0.25, 0.3) is 32.8 Å². The van der Waals surface area contributed by atoms with E-state index in [9.17, 15) is 9.50 Å². The van der Waals surface area contributed by atoms with Crippen molar-refractivity contribution in [2.75, 3.05) is 44.8 Å². The van der Waals surface area contributed by atoms with E-state index in [2.05, 4.69) is 15.1 Å². The molecule has 2 unspecified atom stereocenters. The first-order valence-electron chi connectivity index (χ1n) is 15.2. The number of fused-ring (bicyclic) bond motifs is 5. The molecular formula is C33H35ClFN5O3. The van der Waals surface area contributed by atoms with Crippen LogP contribution in [0, 0.1) is 0 Å². The molecule has 4 aliphatic heterocycles. The standard InChI is InChI=1S/C33H35ClFN5O3/c1-42-30-28(25-5-2-4-19-12-23(41)8-9-24(19)25)27(34)13-26-29(30)37-32(38-31(26)39-16-21-6-7-22(17-39)36-21)43-18-33-10-3-11-40(33)15-20(35)14-33/h2,4-5,8-9,12-13,20-22,36,41H,3,6-7,10-11,14-18H2,1H3/t20-,21?,22?,33+/m1/s1. The molecule has 0 radical (unpaired) electrons. The monoisotopic (exact) mass is 603 g/mol. The van der Waals surface area contributed by atoms with Gasteiger partial charge in [0.15, 0.2) is 5.75 Å². The van der Waals surface area contributed by atoms with Crippen molar-refractivity contribution < 1.29 is 19.0 Å². The minimum absolute atomic E-state index is 0.201. The van der Waals surface area contributed by atoms with E-state index in [0.29, 0.717) is 47.9 Å². The third kappa shape index (κ3) is 4.55. The number of halogens is 2. The lowest BCUT2D eigenvalue weighted by Crippen LogP contribution is -2.51. The van der Waals surface area contributed by atoms with Gasteiger partial charge in [0.2, 0.25) is 0 Å². The fraction of sp³-hybridized carbons (Fsp3) is 0.455. The number of nitrogens with one attached hydrogen (secondary N) is 1. The number of piperazine rings is 1. The van der Waals surface area contributed by atoms with Gasteiger partial charge in [-0.2, -0.15) is 9.97 Å². The second-order valence-electron chi connectivity index (χ2n) is 12.6. The van der Waals surface area contributed by atoms with E-state index in [4.69, 9.17) is 31.0 Å². The van der Waals surface area contributed by atoms with Crippen LogP contribution in [0.5, 0.6) is 17.5 Å². The maximum Gasteiger partial charge on any atom is 0.319 e. The molecule has 4 atom stereocenters. The van der Waals surface area contributed by atoms with Gasteiger partial charge in [-0.25, -0.2) is 4.39 Å². The van der Waals surface area contributed by atoms with Crippen LogP contribution in [0.1, 0.15) is 32.1 Å². The fourth-order valence-electron chi connectivity index (χ4n) is 8.03. The van der Waals surface area contributed by atoms with Crippen molar-refractivity contribution >= 4 is 39.1 Å². The van der Waals surface area contributed by atoms with Crippen molar-refractivity contribution in [3.05, 3.63) is 47.5 Å². The SMILES string of the molecule is COc1c(-c2cccc3cc(O)ccc23)c(Cl)cc2c(N3CC4CCC(C3)N4)nc(OC[C@@]34CCCN3C[C@H](F)C4)nc12. The highest BCUT2D eigenvalue weighted by Gasteiger charge is 2.49. The highest BCUT2D eigenvalue weighted by molar-refractivity contribution is 6.35. The van der Waals surface area contributed by atoms with Gasteiger partial charge in [-0.3, -0.25) is 4.90 Å². The summed E-state index contributed by atoms with van der Waals surface area (Å²) >= 11 is 7.11. The number of methoxy groups -OCH3 is 1. The van der Waals surface area contributed by atoms with Crippen LogP contribution in [-0.4, -0.2) is 83.7 Å². The van der Waals surface area contributed by atoms with Gasteiger partial charge in [0.05, 0.1) is 17.7 Å². The molecule has 3 aromatic carbocycles. The molecule has 8 nitrogen and oxygen atoms in total. The summed E-state index contributed by atoms with van der Waals surface area (Å²) in [6.45, 7) is 3.38. The average Bonchev–Trinajstić information content (AvgIpc) is 3.64. The summed E-state index contributed by atoms with van der Waals surface area (Å²) in [7, 11) is 1.63. The minimum atomic E-state index is -0.833. The number of phenolic OH excluding ortho intramolecular Hbond substituents is 1. The molecule has 43 heavy (non-hydrogen) atoms. The number of nitrogens with zero attached hydrogens (tertiary/aromatic N) is 4. The number of alkyl halides is 1. The Morgan fingerprint density at radius 3 is 2.74 bits per heavy atom. The van der Waals surface area contributed by atoms with Gasteiger partial charge in [-0.05, 0) is 66.8 Å². The quantitative estimate of drug-likeness (QED) is 0.290. The molecule has 4 saturated heterocycles. The molecule has 4 fully saturated rings. The highest BCUT2D eigenvalue weighted by atomic mass is 35.5. The molecule has 4 aliphatic rings. The van der Waals surface area contributed by atoms with E-state index < -0.39 is 6.17 Å². The molecule has 4 aromatic rings. The van der Waals surface area contributed by atoms with Crippen molar-refractivity contribution in [3.63, 3.8) is 0 Å². The number of ether oxygens (including phenoxy) is 2. The molecule has 2 N–H and O–H groups in total. The van der Waals surface area contributed by atoms with Crippen molar-refractivity contribution in [1.29, 1.82) is 0 Å². The maximum atomic E-state index is 14.5. The largest absolute Gasteiger partial charge is 0.508 e. The van der Waals surface area contributed by atoms with Gasteiger partial charge in [0.25, 0.3) is 0 Å². The fourth-order valence-corrected chi connectivity index (χ4v) is 8.33. The Morgan fingerprint density at radius 2 is 1.93 bits per heavy atom. The zero-order valence-electron chi connectivity index (χ0n) is 24.2. The normalized spacial score (nSPS) is 26.9. The van der Waals surface area contributed by atoms with E-state index >= 15 is 0 Å². The third-order valence-corrected chi connectivity index (χ3v) is 10.2. The van der Waals surface area contributed by atoms with E-state index in [-0.39, 0.29) is 17.3 Å². The molecule has 1 aromatic heterocycles. The Morgan fingerprint density at radius 1 is 1.09 bits per heavy atom. The topological polar surface area (TPSA) is 83.0 Å². The third-order valence-electron chi connectivity index (χ3n) is 9.94. The average molecular weight is 604 g/mol. The Hall–Kier alpha value is -3.40. The van der Waals surface area contributed by atoms with Gasteiger partial charge < -0.3 is 24.8 Å². The van der Waals surface area contributed by atoms with Crippen LogP contribution in [0.4, 0.5) is 10.2 Å². The summed E-state index contributed by atoms with van der Waals surface area (Å²) in [6.07, 6.45) is 3.88. The molecule has 0 saturated carbocycles. The Labute approximate surface area is 254 Å². The number of aromatic hydroxyl groups is 1. The van der Waals surface area contributed by atoms with Crippen LogP contribution >= 0.6 is 11.6 Å². The van der Waals surface area contributed by atoms with Crippen molar-refractivity contribution in [3.8, 4) is 28.6 Å².